The Kier molecular flexibility index (Phi) is 3.56. The van der Waals surface area contributed by atoms with Gasteiger partial charge in [0.15, 0.2) is 0 Å². The topological polar surface area (TPSA) is 31.2 Å². The molecule has 0 N–H and O–H groups in total. The number of hydrogen-bond donors (Lipinski definition) is 0. The summed E-state index contributed by atoms with van der Waals surface area (Å²) < 4.78 is 0. The SMILES string of the molecule is C1=CC23CCCCC2(C=C1)CN(/N=N/N1CC24C=CC=CC2(CCCC4)C1)C3. The molecule has 4 atom stereocenters. The maximum atomic E-state index is 4.82. The third kappa shape index (κ3) is 2.18. The van der Waals surface area contributed by atoms with Gasteiger partial charge in [-0.1, -0.05) is 84.7 Å². The van der Waals surface area contributed by atoms with Gasteiger partial charge in [0.1, 0.15) is 0 Å². The Balaban J connectivity index is 1.23. The molecular weight excluding hydrogens is 344 g/mol. The highest BCUT2D eigenvalue weighted by Crippen LogP contribution is 2.60. The van der Waals surface area contributed by atoms with Crippen LogP contribution in [0.5, 0.6) is 0 Å². The molecule has 4 nitrogen and oxygen atoms in total. The van der Waals surface area contributed by atoms with Crippen LogP contribution in [0.2, 0.25) is 0 Å². The van der Waals surface area contributed by atoms with Gasteiger partial charge in [0, 0.05) is 47.8 Å². The van der Waals surface area contributed by atoms with E-state index < -0.39 is 0 Å². The summed E-state index contributed by atoms with van der Waals surface area (Å²) in [5.74, 6) is 0. The van der Waals surface area contributed by atoms with Gasteiger partial charge in [0.05, 0.1) is 0 Å². The zero-order chi connectivity index (χ0) is 18.7. The van der Waals surface area contributed by atoms with Crippen LogP contribution in [0.15, 0.2) is 59.1 Å². The van der Waals surface area contributed by atoms with E-state index in [4.69, 9.17) is 10.4 Å². The molecule has 0 spiro atoms. The van der Waals surface area contributed by atoms with Crippen LogP contribution in [0.4, 0.5) is 0 Å². The summed E-state index contributed by atoms with van der Waals surface area (Å²) in [4.78, 5) is 0. The average molecular weight is 377 g/mol. The smallest absolute Gasteiger partial charge is 0.0478 e. The second-order valence-electron chi connectivity index (χ2n) is 10.3. The standard InChI is InChI=1S/C24H32N4/c1-2-10-22-12-4-3-11-21(22,9-1)17-27(18-22)25-26-28-19-23-13-5-6-14-24(23,20-28)16-8-7-15-23/h1-2,5-6,9-10,13-14H,3-4,7-8,11-12,15-20H2/b26-25+. The quantitative estimate of drug-likeness (QED) is 0.617. The lowest BCUT2D eigenvalue weighted by Gasteiger charge is -2.46. The first-order valence-electron chi connectivity index (χ1n) is 11.3. The van der Waals surface area contributed by atoms with Gasteiger partial charge < -0.3 is 0 Å². The minimum absolute atomic E-state index is 0.287. The van der Waals surface area contributed by atoms with Crippen LogP contribution in [0.25, 0.3) is 0 Å². The molecule has 2 heterocycles. The number of hydrogen-bond acceptors (Lipinski definition) is 2. The van der Waals surface area contributed by atoms with Gasteiger partial charge in [-0.25, -0.2) is 0 Å². The Hall–Kier alpha value is -1.84. The van der Waals surface area contributed by atoms with Gasteiger partial charge in [-0.05, 0) is 25.7 Å². The third-order valence-corrected chi connectivity index (χ3v) is 9.01. The van der Waals surface area contributed by atoms with Gasteiger partial charge in [-0.3, -0.25) is 10.0 Å². The molecule has 148 valence electrons. The third-order valence-electron chi connectivity index (χ3n) is 9.01. The van der Waals surface area contributed by atoms with Gasteiger partial charge in [-0.15, -0.1) is 0 Å². The highest BCUT2D eigenvalue weighted by Gasteiger charge is 2.58. The van der Waals surface area contributed by atoms with E-state index in [1.54, 1.807) is 0 Å². The van der Waals surface area contributed by atoms with Gasteiger partial charge in [0.2, 0.25) is 0 Å². The monoisotopic (exact) mass is 376 g/mol. The lowest BCUT2D eigenvalue weighted by atomic mass is 9.56. The van der Waals surface area contributed by atoms with Crippen molar-refractivity contribution in [1.82, 2.24) is 10.0 Å². The number of rotatable bonds is 2. The first kappa shape index (κ1) is 17.1. The van der Waals surface area contributed by atoms with Crippen molar-refractivity contribution in [3.63, 3.8) is 0 Å². The number of allylic oxidation sites excluding steroid dienone is 4. The summed E-state index contributed by atoms with van der Waals surface area (Å²) in [5.41, 5.74) is 1.15. The predicted molar refractivity (Wildman–Crippen MR) is 111 cm³/mol. The minimum Gasteiger partial charge on any atom is -0.275 e. The molecule has 4 fully saturated rings. The molecular formula is C24H32N4. The molecule has 2 aliphatic heterocycles. The summed E-state index contributed by atoms with van der Waals surface area (Å²) in [6.07, 6.45) is 29.5. The summed E-state index contributed by atoms with van der Waals surface area (Å²) in [6, 6.07) is 0. The fourth-order valence-electron chi connectivity index (χ4n) is 7.52. The largest absolute Gasteiger partial charge is 0.275 e. The maximum Gasteiger partial charge on any atom is 0.0478 e. The number of nitrogens with zero attached hydrogens (tertiary/aromatic N) is 4. The molecule has 4 aliphatic carbocycles. The second kappa shape index (κ2) is 5.84. The van der Waals surface area contributed by atoms with E-state index in [2.05, 4.69) is 58.6 Å². The van der Waals surface area contributed by atoms with Crippen molar-refractivity contribution in [3.8, 4) is 0 Å². The first-order valence-corrected chi connectivity index (χ1v) is 11.3. The van der Waals surface area contributed by atoms with E-state index in [0.717, 1.165) is 26.2 Å². The summed E-state index contributed by atoms with van der Waals surface area (Å²) in [5, 5.41) is 14.2. The molecule has 6 aliphatic rings. The van der Waals surface area contributed by atoms with E-state index in [-0.39, 0.29) is 21.7 Å². The molecule has 4 unspecified atom stereocenters. The van der Waals surface area contributed by atoms with E-state index in [0.29, 0.717) is 0 Å². The van der Waals surface area contributed by atoms with Crippen molar-refractivity contribution in [2.24, 2.45) is 32.1 Å². The fourth-order valence-corrected chi connectivity index (χ4v) is 7.52. The van der Waals surface area contributed by atoms with Crippen molar-refractivity contribution >= 4 is 0 Å². The van der Waals surface area contributed by atoms with Crippen LogP contribution >= 0.6 is 0 Å². The Morgan fingerprint density at radius 2 is 0.750 bits per heavy atom. The van der Waals surface area contributed by atoms with Gasteiger partial charge >= 0.3 is 0 Å². The van der Waals surface area contributed by atoms with Crippen molar-refractivity contribution in [1.29, 1.82) is 0 Å². The molecule has 0 radical (unpaired) electrons. The lowest BCUT2D eigenvalue weighted by Crippen LogP contribution is -2.42. The van der Waals surface area contributed by atoms with Crippen LogP contribution in [0, 0.1) is 21.7 Å². The molecule has 0 aromatic carbocycles. The molecule has 0 amide bonds. The lowest BCUT2D eigenvalue weighted by molar-refractivity contribution is 0.131. The molecule has 0 aromatic heterocycles. The Morgan fingerprint density at radius 1 is 0.464 bits per heavy atom. The molecule has 0 bridgehead atoms. The predicted octanol–water partition coefficient (Wildman–Crippen LogP) is 5.25. The van der Waals surface area contributed by atoms with Crippen LogP contribution in [0.1, 0.15) is 51.4 Å². The summed E-state index contributed by atoms with van der Waals surface area (Å²) in [7, 11) is 0. The highest BCUT2D eigenvalue weighted by molar-refractivity contribution is 5.31. The summed E-state index contributed by atoms with van der Waals surface area (Å²) in [6.45, 7) is 4.12. The van der Waals surface area contributed by atoms with Crippen molar-refractivity contribution < 1.29 is 0 Å². The highest BCUT2D eigenvalue weighted by atomic mass is 15.7. The molecule has 0 aromatic rings. The van der Waals surface area contributed by atoms with Crippen LogP contribution in [-0.2, 0) is 0 Å². The van der Waals surface area contributed by atoms with E-state index in [9.17, 15) is 0 Å². The Bertz CT molecular complexity index is 683. The van der Waals surface area contributed by atoms with Gasteiger partial charge in [-0.2, -0.15) is 0 Å². The Labute approximate surface area is 168 Å². The molecule has 2 saturated carbocycles. The zero-order valence-corrected chi connectivity index (χ0v) is 16.9. The minimum atomic E-state index is 0.287. The van der Waals surface area contributed by atoms with Crippen LogP contribution in [-0.4, -0.2) is 36.2 Å². The van der Waals surface area contributed by atoms with Crippen molar-refractivity contribution in [2.75, 3.05) is 26.2 Å². The molecule has 4 heteroatoms. The molecule has 2 saturated heterocycles. The first-order chi connectivity index (χ1) is 13.7. The van der Waals surface area contributed by atoms with Crippen LogP contribution < -0.4 is 0 Å². The van der Waals surface area contributed by atoms with Crippen molar-refractivity contribution in [2.45, 2.75) is 51.4 Å². The normalized spacial score (nSPS) is 46.0. The average Bonchev–Trinajstić information content (AvgIpc) is 3.25. The molecule has 6 rings (SSSR count). The molecule has 28 heavy (non-hydrogen) atoms. The van der Waals surface area contributed by atoms with Gasteiger partial charge in [0.25, 0.3) is 0 Å². The Morgan fingerprint density at radius 3 is 1.04 bits per heavy atom. The van der Waals surface area contributed by atoms with E-state index in [1.165, 1.54) is 51.4 Å². The summed E-state index contributed by atoms with van der Waals surface area (Å²) >= 11 is 0. The fraction of sp³-hybridized carbons (Fsp3) is 0.667. The second-order valence-corrected chi connectivity index (χ2v) is 10.3. The van der Waals surface area contributed by atoms with E-state index in [1.807, 2.05) is 0 Å². The zero-order valence-electron chi connectivity index (χ0n) is 16.9. The van der Waals surface area contributed by atoms with E-state index >= 15 is 0 Å². The van der Waals surface area contributed by atoms with Crippen molar-refractivity contribution in [3.05, 3.63) is 48.6 Å². The maximum absolute atomic E-state index is 4.82. The van der Waals surface area contributed by atoms with Crippen LogP contribution in [0.3, 0.4) is 0 Å².